The number of hydrogen-bond donors (Lipinski definition) is 1. The minimum Gasteiger partial charge on any atom is -0.490 e. The van der Waals surface area contributed by atoms with Crippen LogP contribution in [0.2, 0.25) is 10.0 Å². The lowest BCUT2D eigenvalue weighted by Gasteiger charge is -2.15. The summed E-state index contributed by atoms with van der Waals surface area (Å²) in [5.41, 5.74) is 0.596. The van der Waals surface area contributed by atoms with E-state index in [-0.39, 0.29) is 11.6 Å². The molecule has 4 aromatic rings. The Morgan fingerprint density at radius 3 is 2.55 bits per heavy atom. The number of halogens is 2. The van der Waals surface area contributed by atoms with Gasteiger partial charge in [-0.25, -0.2) is 4.79 Å². The quantitative estimate of drug-likeness (QED) is 0.380. The van der Waals surface area contributed by atoms with Crippen LogP contribution in [0, 0.1) is 0 Å². The Hall–Kier alpha value is -3.55. The van der Waals surface area contributed by atoms with Crippen molar-refractivity contribution in [3.05, 3.63) is 103 Å². The molecule has 0 bridgehead atoms. The van der Waals surface area contributed by atoms with E-state index in [1.165, 1.54) is 6.21 Å². The van der Waals surface area contributed by atoms with Crippen molar-refractivity contribution in [2.75, 3.05) is 6.61 Å². The van der Waals surface area contributed by atoms with Crippen LogP contribution in [0.25, 0.3) is 10.9 Å². The number of benzene rings is 3. The van der Waals surface area contributed by atoms with E-state index in [0.717, 1.165) is 10.2 Å². The molecule has 3 aromatic carbocycles. The van der Waals surface area contributed by atoms with Gasteiger partial charge in [0.05, 0.1) is 28.7 Å². The minimum atomic E-state index is -0.647. The van der Waals surface area contributed by atoms with Gasteiger partial charge in [0.25, 0.3) is 5.56 Å². The molecule has 0 spiro atoms. The zero-order valence-electron chi connectivity index (χ0n) is 17.5. The van der Waals surface area contributed by atoms with Crippen LogP contribution in [0.1, 0.15) is 18.1 Å². The highest BCUT2D eigenvalue weighted by Crippen LogP contribution is 2.37. The van der Waals surface area contributed by atoms with Gasteiger partial charge >= 0.3 is 5.69 Å². The van der Waals surface area contributed by atoms with Crippen molar-refractivity contribution in [1.29, 1.82) is 0 Å². The van der Waals surface area contributed by atoms with Crippen molar-refractivity contribution in [2.24, 2.45) is 5.10 Å². The molecule has 0 saturated heterocycles. The average molecular weight is 484 g/mol. The minimum absolute atomic E-state index is 0.203. The number of aromatic nitrogens is 2. The fraction of sp³-hybridized carbons (Fsp3) is 0.125. The maximum absolute atomic E-state index is 12.7. The number of para-hydroxylation sites is 1. The Kier molecular flexibility index (Phi) is 6.82. The van der Waals surface area contributed by atoms with Crippen LogP contribution >= 0.6 is 23.2 Å². The van der Waals surface area contributed by atoms with Crippen molar-refractivity contribution < 1.29 is 9.47 Å². The lowest BCUT2D eigenvalue weighted by atomic mass is 10.2. The molecule has 0 unspecified atom stereocenters. The molecule has 0 atom stereocenters. The second kappa shape index (κ2) is 9.94. The zero-order chi connectivity index (χ0) is 23.4. The Bertz CT molecular complexity index is 1460. The van der Waals surface area contributed by atoms with Crippen molar-refractivity contribution in [3.63, 3.8) is 0 Å². The number of rotatable bonds is 7. The molecule has 1 N–H and O–H groups in total. The van der Waals surface area contributed by atoms with E-state index >= 15 is 0 Å². The Labute approximate surface area is 198 Å². The van der Waals surface area contributed by atoms with Crippen molar-refractivity contribution in [1.82, 2.24) is 9.66 Å². The molecule has 9 heteroatoms. The third-order valence-electron chi connectivity index (χ3n) is 4.77. The highest BCUT2D eigenvalue weighted by Gasteiger charge is 2.14. The molecule has 1 aromatic heterocycles. The molecule has 168 valence electrons. The van der Waals surface area contributed by atoms with Gasteiger partial charge in [0, 0.05) is 10.6 Å². The fourth-order valence-electron chi connectivity index (χ4n) is 3.21. The van der Waals surface area contributed by atoms with E-state index in [4.69, 9.17) is 32.7 Å². The Morgan fingerprint density at radius 1 is 1.00 bits per heavy atom. The molecule has 0 aliphatic rings. The van der Waals surface area contributed by atoms with Crippen LogP contribution in [0.5, 0.6) is 11.5 Å². The third kappa shape index (κ3) is 4.94. The van der Waals surface area contributed by atoms with Crippen molar-refractivity contribution in [2.45, 2.75) is 13.5 Å². The first-order valence-electron chi connectivity index (χ1n) is 10.1. The first-order chi connectivity index (χ1) is 16.0. The van der Waals surface area contributed by atoms with E-state index in [1.807, 2.05) is 25.1 Å². The molecule has 0 aliphatic carbocycles. The molecule has 0 saturated carbocycles. The largest absolute Gasteiger partial charge is 0.490 e. The summed E-state index contributed by atoms with van der Waals surface area (Å²) >= 11 is 12.7. The summed E-state index contributed by atoms with van der Waals surface area (Å²) in [4.78, 5) is 27.6. The standard InChI is InChI=1S/C24H19Cl2N3O4/c1-2-32-21-12-15(11-19(26)22(21)33-14-16-7-3-5-9-18(16)25)13-27-29-23(30)17-8-4-6-10-20(17)28-24(29)31/h3-13H,2,14H2,1H3,(H,28,31). The second-order valence-electron chi connectivity index (χ2n) is 6.98. The van der Waals surface area contributed by atoms with Gasteiger partial charge in [-0.3, -0.25) is 4.79 Å². The van der Waals surface area contributed by atoms with Gasteiger partial charge < -0.3 is 14.5 Å². The van der Waals surface area contributed by atoms with Crippen LogP contribution in [0.15, 0.2) is 75.4 Å². The number of nitrogens with one attached hydrogen (secondary N) is 1. The average Bonchev–Trinajstić information content (AvgIpc) is 2.79. The predicted octanol–water partition coefficient (Wildman–Crippen LogP) is 4.86. The van der Waals surface area contributed by atoms with Gasteiger partial charge in [-0.05, 0) is 42.8 Å². The molecule has 7 nitrogen and oxygen atoms in total. The summed E-state index contributed by atoms with van der Waals surface area (Å²) in [7, 11) is 0. The summed E-state index contributed by atoms with van der Waals surface area (Å²) < 4.78 is 12.4. The first-order valence-corrected chi connectivity index (χ1v) is 10.8. The number of hydrogen-bond acceptors (Lipinski definition) is 5. The second-order valence-corrected chi connectivity index (χ2v) is 7.79. The normalized spacial score (nSPS) is 11.2. The molecule has 0 aliphatic heterocycles. The number of fused-ring (bicyclic) bond motifs is 1. The maximum atomic E-state index is 12.7. The van der Waals surface area contributed by atoms with Gasteiger partial charge in [-0.1, -0.05) is 53.5 Å². The number of ether oxygens (including phenoxy) is 2. The van der Waals surface area contributed by atoms with Gasteiger partial charge in [-0.15, -0.1) is 4.68 Å². The third-order valence-corrected chi connectivity index (χ3v) is 5.42. The van der Waals surface area contributed by atoms with Crippen LogP contribution in [-0.2, 0) is 6.61 Å². The predicted molar refractivity (Wildman–Crippen MR) is 130 cm³/mol. The van der Waals surface area contributed by atoms with Gasteiger partial charge in [0.1, 0.15) is 6.61 Å². The molecule has 0 amide bonds. The lowest BCUT2D eigenvalue weighted by molar-refractivity contribution is 0.269. The number of aromatic amines is 1. The number of H-pyrrole nitrogens is 1. The fourth-order valence-corrected chi connectivity index (χ4v) is 3.68. The highest BCUT2D eigenvalue weighted by atomic mass is 35.5. The Morgan fingerprint density at radius 2 is 1.76 bits per heavy atom. The van der Waals surface area contributed by atoms with Gasteiger partial charge in [0.2, 0.25) is 0 Å². The molecule has 0 fully saturated rings. The topological polar surface area (TPSA) is 85.7 Å². The maximum Gasteiger partial charge on any atom is 0.349 e. The van der Waals surface area contributed by atoms with Crippen LogP contribution in [-0.4, -0.2) is 22.5 Å². The molecule has 0 radical (unpaired) electrons. The van der Waals surface area contributed by atoms with E-state index in [0.29, 0.717) is 39.6 Å². The molecule has 33 heavy (non-hydrogen) atoms. The zero-order valence-corrected chi connectivity index (χ0v) is 19.1. The van der Waals surface area contributed by atoms with Crippen LogP contribution < -0.4 is 20.7 Å². The smallest absolute Gasteiger partial charge is 0.349 e. The SMILES string of the molecule is CCOc1cc(C=Nn2c(=O)[nH]c3ccccc3c2=O)cc(Cl)c1OCc1ccccc1Cl. The van der Waals surface area contributed by atoms with Crippen molar-refractivity contribution in [3.8, 4) is 11.5 Å². The molecule has 4 rings (SSSR count). The van der Waals surface area contributed by atoms with E-state index in [9.17, 15) is 9.59 Å². The van der Waals surface area contributed by atoms with Crippen molar-refractivity contribution >= 4 is 40.3 Å². The van der Waals surface area contributed by atoms with E-state index < -0.39 is 11.2 Å². The van der Waals surface area contributed by atoms with E-state index in [1.54, 1.807) is 42.5 Å². The first kappa shape index (κ1) is 22.6. The summed E-state index contributed by atoms with van der Waals surface area (Å²) in [5.74, 6) is 0.759. The molecular weight excluding hydrogens is 465 g/mol. The summed E-state index contributed by atoms with van der Waals surface area (Å²) in [6, 6.07) is 17.3. The monoisotopic (exact) mass is 483 g/mol. The summed E-state index contributed by atoms with van der Waals surface area (Å²) in [5, 5.41) is 5.29. The molecular formula is C24H19Cl2N3O4. The number of nitrogens with zero attached hydrogens (tertiary/aromatic N) is 2. The van der Waals surface area contributed by atoms with Gasteiger partial charge in [-0.2, -0.15) is 5.10 Å². The van der Waals surface area contributed by atoms with E-state index in [2.05, 4.69) is 10.1 Å². The van der Waals surface area contributed by atoms with Crippen LogP contribution in [0.4, 0.5) is 0 Å². The Balaban J connectivity index is 1.66. The van der Waals surface area contributed by atoms with Crippen LogP contribution in [0.3, 0.4) is 0 Å². The highest BCUT2D eigenvalue weighted by molar-refractivity contribution is 6.32. The molecule has 1 heterocycles. The van der Waals surface area contributed by atoms with Gasteiger partial charge in [0.15, 0.2) is 11.5 Å². The summed E-state index contributed by atoms with van der Waals surface area (Å²) in [6.07, 6.45) is 1.36. The lowest BCUT2D eigenvalue weighted by Crippen LogP contribution is -2.32. The summed E-state index contributed by atoms with van der Waals surface area (Å²) in [6.45, 7) is 2.42.